The van der Waals surface area contributed by atoms with Crippen molar-refractivity contribution in [3.05, 3.63) is 54.1 Å². The molecule has 2 saturated heterocycles. The van der Waals surface area contributed by atoms with Gasteiger partial charge in [0, 0.05) is 27.1 Å². The number of nitrogens with zero attached hydrogens (tertiary/aromatic N) is 3. The van der Waals surface area contributed by atoms with Crippen LogP contribution in [-0.4, -0.2) is 47.3 Å². The molecule has 0 aliphatic carbocycles. The lowest BCUT2D eigenvalue weighted by molar-refractivity contribution is -0.137. The summed E-state index contributed by atoms with van der Waals surface area (Å²) in [6.07, 6.45) is -3.49. The van der Waals surface area contributed by atoms with Gasteiger partial charge < -0.3 is 10.3 Å². The molecule has 2 aromatic carbocycles. The lowest BCUT2D eigenvalue weighted by Crippen LogP contribution is -2.55. The number of hydrogen-bond donors (Lipinski definition) is 1. The molecule has 1 amide bonds. The third kappa shape index (κ3) is 4.04. The topological polar surface area (TPSA) is 47.9 Å². The van der Waals surface area contributed by atoms with E-state index in [1.54, 1.807) is 6.92 Å². The smallest absolute Gasteiger partial charge is 0.342 e. The van der Waals surface area contributed by atoms with Gasteiger partial charge in [0.15, 0.2) is 0 Å². The molecule has 0 spiro atoms. The van der Waals surface area contributed by atoms with Gasteiger partial charge in [-0.3, -0.25) is 4.79 Å². The van der Waals surface area contributed by atoms with Crippen molar-refractivity contribution in [3.63, 3.8) is 0 Å². The molecule has 0 radical (unpaired) electrons. The number of halogens is 3. The molecule has 8 heteroatoms. The highest BCUT2D eigenvalue weighted by Crippen LogP contribution is 2.38. The summed E-state index contributed by atoms with van der Waals surface area (Å²) in [6, 6.07) is 12.5. The summed E-state index contributed by atoms with van der Waals surface area (Å²) >= 11 is 0. The van der Waals surface area contributed by atoms with Crippen molar-refractivity contribution in [2.45, 2.75) is 32.0 Å². The second-order valence-electron chi connectivity index (χ2n) is 8.41. The summed E-state index contributed by atoms with van der Waals surface area (Å²) in [5, 5.41) is 2.07. The zero-order valence-corrected chi connectivity index (χ0v) is 17.7. The third-order valence-electron chi connectivity index (χ3n) is 6.53. The molecule has 2 fully saturated rings. The second kappa shape index (κ2) is 7.67. The Balaban J connectivity index is 1.56. The van der Waals surface area contributed by atoms with E-state index in [9.17, 15) is 18.0 Å². The van der Waals surface area contributed by atoms with Crippen LogP contribution in [-0.2, 0) is 11.0 Å². The fraction of sp³-hybridized carbons (Fsp3) is 0.391. The minimum atomic E-state index is -4.34. The number of amidine groups is 1. The van der Waals surface area contributed by atoms with E-state index in [-0.39, 0.29) is 17.4 Å². The van der Waals surface area contributed by atoms with Crippen molar-refractivity contribution < 1.29 is 18.0 Å². The maximum atomic E-state index is 12.8. The SMILES string of the molecule is CC(=O)N1CCC2(C)C(C1)C(=Nc1ccc(-c3ccc(C(F)(F)F)cc3)cc1)NN2C. The van der Waals surface area contributed by atoms with Crippen LogP contribution >= 0.6 is 0 Å². The van der Waals surface area contributed by atoms with E-state index in [0.29, 0.717) is 12.1 Å². The Bertz CT molecular complexity index is 1000. The molecule has 31 heavy (non-hydrogen) atoms. The number of carbonyl (C=O) groups excluding carboxylic acids is 1. The fourth-order valence-electron chi connectivity index (χ4n) is 4.31. The summed E-state index contributed by atoms with van der Waals surface area (Å²) < 4.78 is 38.3. The summed E-state index contributed by atoms with van der Waals surface area (Å²) in [6.45, 7) is 5.11. The van der Waals surface area contributed by atoms with Crippen molar-refractivity contribution in [3.8, 4) is 11.1 Å². The number of piperidine rings is 1. The number of rotatable bonds is 2. The van der Waals surface area contributed by atoms with Gasteiger partial charge in [-0.25, -0.2) is 10.0 Å². The highest BCUT2D eigenvalue weighted by molar-refractivity contribution is 5.91. The summed E-state index contributed by atoms with van der Waals surface area (Å²) in [7, 11) is 1.99. The molecule has 1 N–H and O–H groups in total. The first kappa shape index (κ1) is 21.4. The van der Waals surface area contributed by atoms with Gasteiger partial charge in [-0.05, 0) is 48.7 Å². The molecule has 0 bridgehead atoms. The molecule has 2 aliphatic heterocycles. The van der Waals surface area contributed by atoms with Crippen LogP contribution in [0.5, 0.6) is 0 Å². The maximum Gasteiger partial charge on any atom is 0.416 e. The van der Waals surface area contributed by atoms with Gasteiger partial charge in [-0.15, -0.1) is 0 Å². The number of amides is 1. The van der Waals surface area contributed by atoms with Gasteiger partial charge in [0.05, 0.1) is 22.7 Å². The third-order valence-corrected chi connectivity index (χ3v) is 6.53. The number of alkyl halides is 3. The van der Waals surface area contributed by atoms with Crippen LogP contribution in [0.4, 0.5) is 18.9 Å². The summed E-state index contributed by atoms with van der Waals surface area (Å²) in [5.74, 6) is 0.958. The Hall–Kier alpha value is -2.87. The molecular weight excluding hydrogens is 405 g/mol. The quantitative estimate of drug-likeness (QED) is 0.764. The van der Waals surface area contributed by atoms with Gasteiger partial charge >= 0.3 is 6.18 Å². The maximum absolute atomic E-state index is 12.8. The largest absolute Gasteiger partial charge is 0.416 e. The van der Waals surface area contributed by atoms with Gasteiger partial charge in [-0.1, -0.05) is 24.3 Å². The number of carbonyl (C=O) groups is 1. The fourth-order valence-corrected chi connectivity index (χ4v) is 4.31. The lowest BCUT2D eigenvalue weighted by atomic mass is 9.79. The molecule has 0 saturated carbocycles. The van der Waals surface area contributed by atoms with Crippen molar-refractivity contribution in [1.82, 2.24) is 15.3 Å². The first-order valence-corrected chi connectivity index (χ1v) is 10.2. The van der Waals surface area contributed by atoms with E-state index in [1.807, 2.05) is 36.2 Å². The van der Waals surface area contributed by atoms with Crippen molar-refractivity contribution in [2.24, 2.45) is 10.9 Å². The van der Waals surface area contributed by atoms with Crippen molar-refractivity contribution >= 4 is 17.4 Å². The molecule has 5 nitrogen and oxygen atoms in total. The second-order valence-corrected chi connectivity index (χ2v) is 8.41. The van der Waals surface area contributed by atoms with Crippen molar-refractivity contribution in [2.75, 3.05) is 20.1 Å². The van der Waals surface area contributed by atoms with Crippen LogP contribution in [0.3, 0.4) is 0 Å². The lowest BCUT2D eigenvalue weighted by Gasteiger charge is -2.43. The first-order valence-electron chi connectivity index (χ1n) is 10.2. The minimum absolute atomic E-state index is 0.0665. The molecule has 4 rings (SSSR count). The van der Waals surface area contributed by atoms with Crippen LogP contribution in [0, 0.1) is 5.92 Å². The highest BCUT2D eigenvalue weighted by atomic mass is 19.4. The number of benzene rings is 2. The van der Waals surface area contributed by atoms with Crippen LogP contribution in [0.2, 0.25) is 0 Å². The summed E-state index contributed by atoms with van der Waals surface area (Å²) in [4.78, 5) is 18.5. The molecule has 2 unspecified atom stereocenters. The number of aliphatic imine (C=N–C) groups is 1. The van der Waals surface area contributed by atoms with Gasteiger partial charge in [0.25, 0.3) is 0 Å². The first-order chi connectivity index (χ1) is 14.6. The average Bonchev–Trinajstić information content (AvgIpc) is 2.97. The minimum Gasteiger partial charge on any atom is -0.342 e. The Morgan fingerprint density at radius 3 is 2.23 bits per heavy atom. The molecule has 2 aromatic rings. The predicted molar refractivity (Wildman–Crippen MR) is 114 cm³/mol. The number of likely N-dealkylation sites (tertiary alicyclic amines) is 1. The average molecular weight is 430 g/mol. The zero-order valence-electron chi connectivity index (χ0n) is 17.7. The number of hydrogen-bond acceptors (Lipinski definition) is 3. The molecular formula is C23H25F3N4O. The Morgan fingerprint density at radius 1 is 1.10 bits per heavy atom. The number of hydrazine groups is 1. The van der Waals surface area contributed by atoms with Gasteiger partial charge in [-0.2, -0.15) is 13.2 Å². The van der Waals surface area contributed by atoms with E-state index in [4.69, 9.17) is 4.99 Å². The molecule has 2 atom stereocenters. The number of fused-ring (bicyclic) bond motifs is 1. The Kier molecular flexibility index (Phi) is 5.29. The van der Waals surface area contributed by atoms with E-state index >= 15 is 0 Å². The van der Waals surface area contributed by atoms with Crippen LogP contribution in [0.25, 0.3) is 11.1 Å². The van der Waals surface area contributed by atoms with E-state index in [0.717, 1.165) is 42.2 Å². The zero-order chi connectivity index (χ0) is 22.4. The van der Waals surface area contributed by atoms with Crippen LogP contribution in [0.1, 0.15) is 25.8 Å². The van der Waals surface area contributed by atoms with E-state index in [2.05, 4.69) is 17.4 Å². The molecule has 164 valence electrons. The Morgan fingerprint density at radius 2 is 1.68 bits per heavy atom. The van der Waals surface area contributed by atoms with Crippen LogP contribution in [0.15, 0.2) is 53.5 Å². The van der Waals surface area contributed by atoms with E-state index < -0.39 is 11.7 Å². The summed E-state index contributed by atoms with van der Waals surface area (Å²) in [5.41, 5.74) is 4.84. The Labute approximate surface area is 179 Å². The predicted octanol–water partition coefficient (Wildman–Crippen LogP) is 4.48. The monoisotopic (exact) mass is 430 g/mol. The van der Waals surface area contributed by atoms with Crippen LogP contribution < -0.4 is 5.43 Å². The molecule has 2 heterocycles. The number of nitrogens with one attached hydrogen (secondary N) is 1. The van der Waals surface area contributed by atoms with Crippen molar-refractivity contribution in [1.29, 1.82) is 0 Å². The standard InChI is InChI=1S/C23H25F3N4O/c1-15(31)30-13-12-22(2)20(14-30)21(28-29(22)3)27-19-10-6-17(7-11-19)16-4-8-18(9-5-16)23(24,25)26/h4-11,20H,12-14H2,1-3H3,(H,27,28). The van der Waals surface area contributed by atoms with E-state index in [1.165, 1.54) is 12.1 Å². The van der Waals surface area contributed by atoms with Gasteiger partial charge in [0.1, 0.15) is 5.84 Å². The normalized spacial score (nSPS) is 25.4. The molecule has 0 aromatic heterocycles. The molecule has 2 aliphatic rings. The van der Waals surface area contributed by atoms with Gasteiger partial charge in [0.2, 0.25) is 5.91 Å². The highest BCUT2D eigenvalue weighted by Gasteiger charge is 2.50.